The number of hydrogen-bond acceptors (Lipinski definition) is 4. The predicted octanol–water partition coefficient (Wildman–Crippen LogP) is 3.05. The quantitative estimate of drug-likeness (QED) is 0.593. The van der Waals surface area contributed by atoms with Crippen molar-refractivity contribution in [1.82, 2.24) is 9.88 Å². The van der Waals surface area contributed by atoms with Crippen LogP contribution in [0.3, 0.4) is 0 Å². The molecule has 0 radical (unpaired) electrons. The lowest BCUT2D eigenvalue weighted by atomic mass is 10.1. The molecule has 0 spiro atoms. The van der Waals surface area contributed by atoms with Gasteiger partial charge in [0.05, 0.1) is 24.1 Å². The Morgan fingerprint density at radius 2 is 2.05 bits per heavy atom. The molecule has 1 aromatic rings. The Morgan fingerprint density at radius 1 is 1.38 bits per heavy atom. The van der Waals surface area contributed by atoms with E-state index in [-0.39, 0.29) is 46.5 Å². The number of aromatic nitrogens is 1. The highest BCUT2D eigenvalue weighted by Gasteiger charge is 2.21. The summed E-state index contributed by atoms with van der Waals surface area (Å²) in [4.78, 5) is 29.2. The number of hydrogen-bond donors (Lipinski definition) is 0. The van der Waals surface area contributed by atoms with Crippen LogP contribution in [-0.4, -0.2) is 42.0 Å². The van der Waals surface area contributed by atoms with Gasteiger partial charge in [-0.05, 0) is 12.0 Å². The summed E-state index contributed by atoms with van der Waals surface area (Å²) in [5, 5.41) is 0.427. The molecular formula is C14H18Cl2N2O3. The van der Waals surface area contributed by atoms with Gasteiger partial charge in [-0.15, -0.1) is 0 Å². The van der Waals surface area contributed by atoms with Crippen molar-refractivity contribution in [1.29, 1.82) is 0 Å². The maximum Gasteiger partial charge on any atom is 0.307 e. The first-order valence-corrected chi connectivity index (χ1v) is 7.27. The zero-order valence-corrected chi connectivity index (χ0v) is 13.7. The van der Waals surface area contributed by atoms with E-state index in [1.165, 1.54) is 19.4 Å². The minimum Gasteiger partial charge on any atom is -0.469 e. The SMILES string of the molecule is COC(=O)CCN(CC(C)C)C(=O)c1cc(Cl)ncc1Cl. The smallest absolute Gasteiger partial charge is 0.307 e. The van der Waals surface area contributed by atoms with Gasteiger partial charge in [-0.3, -0.25) is 9.59 Å². The molecule has 1 rings (SSSR count). The molecule has 0 aromatic carbocycles. The minimum absolute atomic E-state index is 0.130. The van der Waals surface area contributed by atoms with E-state index in [1.54, 1.807) is 4.90 Å². The number of esters is 1. The Bertz CT molecular complexity index is 521. The molecule has 21 heavy (non-hydrogen) atoms. The normalized spacial score (nSPS) is 10.6. The van der Waals surface area contributed by atoms with Crippen LogP contribution in [0.1, 0.15) is 30.6 Å². The average Bonchev–Trinajstić information content (AvgIpc) is 2.44. The summed E-state index contributed by atoms with van der Waals surface area (Å²) in [6.07, 6.45) is 1.47. The third-order valence-electron chi connectivity index (χ3n) is 2.74. The van der Waals surface area contributed by atoms with Crippen molar-refractivity contribution < 1.29 is 14.3 Å². The molecule has 0 N–H and O–H groups in total. The van der Waals surface area contributed by atoms with Gasteiger partial charge >= 0.3 is 5.97 Å². The molecule has 1 aromatic heterocycles. The number of pyridine rings is 1. The highest BCUT2D eigenvalue weighted by atomic mass is 35.5. The first kappa shape index (κ1) is 17.7. The van der Waals surface area contributed by atoms with Crippen LogP contribution in [0.15, 0.2) is 12.3 Å². The number of amides is 1. The summed E-state index contributed by atoms with van der Waals surface area (Å²) >= 11 is 11.8. The molecule has 0 aliphatic rings. The fraction of sp³-hybridized carbons (Fsp3) is 0.500. The van der Waals surface area contributed by atoms with Crippen LogP contribution in [0, 0.1) is 5.92 Å². The van der Waals surface area contributed by atoms with Gasteiger partial charge in [-0.1, -0.05) is 37.0 Å². The number of rotatable bonds is 6. The Morgan fingerprint density at radius 3 is 2.62 bits per heavy atom. The molecule has 0 bridgehead atoms. The molecule has 5 nitrogen and oxygen atoms in total. The fourth-order valence-corrected chi connectivity index (χ4v) is 2.13. The maximum absolute atomic E-state index is 12.6. The molecule has 0 aliphatic carbocycles. The third-order valence-corrected chi connectivity index (χ3v) is 3.25. The molecular weight excluding hydrogens is 315 g/mol. The monoisotopic (exact) mass is 332 g/mol. The largest absolute Gasteiger partial charge is 0.469 e. The van der Waals surface area contributed by atoms with Crippen LogP contribution in [0.5, 0.6) is 0 Å². The lowest BCUT2D eigenvalue weighted by molar-refractivity contribution is -0.140. The summed E-state index contributed by atoms with van der Waals surface area (Å²) < 4.78 is 4.60. The van der Waals surface area contributed by atoms with Gasteiger partial charge in [-0.2, -0.15) is 0 Å². The zero-order chi connectivity index (χ0) is 16.0. The lowest BCUT2D eigenvalue weighted by Crippen LogP contribution is -2.36. The second-order valence-electron chi connectivity index (χ2n) is 4.96. The molecule has 0 fully saturated rings. The molecule has 0 saturated carbocycles. The van der Waals surface area contributed by atoms with Crippen LogP contribution in [0.4, 0.5) is 0 Å². The van der Waals surface area contributed by atoms with E-state index in [0.29, 0.717) is 6.54 Å². The summed E-state index contributed by atoms with van der Waals surface area (Å²) in [7, 11) is 1.32. The molecule has 116 valence electrons. The van der Waals surface area contributed by atoms with E-state index >= 15 is 0 Å². The molecule has 1 heterocycles. The van der Waals surface area contributed by atoms with E-state index in [2.05, 4.69) is 9.72 Å². The van der Waals surface area contributed by atoms with Crippen molar-refractivity contribution in [3.63, 3.8) is 0 Å². The summed E-state index contributed by atoms with van der Waals surface area (Å²) in [6.45, 7) is 4.74. The van der Waals surface area contributed by atoms with E-state index in [1.807, 2.05) is 13.8 Å². The first-order valence-electron chi connectivity index (χ1n) is 6.52. The molecule has 0 saturated heterocycles. The van der Waals surface area contributed by atoms with Crippen molar-refractivity contribution >= 4 is 35.1 Å². The van der Waals surface area contributed by atoms with Gasteiger partial charge in [0.2, 0.25) is 0 Å². The number of ether oxygens (including phenoxy) is 1. The van der Waals surface area contributed by atoms with Crippen LogP contribution >= 0.6 is 23.2 Å². The van der Waals surface area contributed by atoms with Gasteiger partial charge in [-0.25, -0.2) is 4.98 Å². The van der Waals surface area contributed by atoms with Crippen molar-refractivity contribution in [2.24, 2.45) is 5.92 Å². The number of carbonyl (C=O) groups excluding carboxylic acids is 2. The second kappa shape index (κ2) is 8.20. The van der Waals surface area contributed by atoms with Crippen LogP contribution in [0.2, 0.25) is 10.2 Å². The summed E-state index contributed by atoms with van der Waals surface area (Å²) in [5.41, 5.74) is 0.280. The minimum atomic E-state index is -0.365. The van der Waals surface area contributed by atoms with Crippen molar-refractivity contribution in [3.8, 4) is 0 Å². The first-order chi connectivity index (χ1) is 9.85. The summed E-state index contributed by atoms with van der Waals surface area (Å²) in [5.74, 6) is -0.389. The fourth-order valence-electron chi connectivity index (χ4n) is 1.79. The molecule has 1 amide bonds. The predicted molar refractivity (Wildman–Crippen MR) is 81.6 cm³/mol. The van der Waals surface area contributed by atoms with Crippen molar-refractivity contribution in [2.45, 2.75) is 20.3 Å². The number of carbonyl (C=O) groups is 2. The standard InChI is InChI=1S/C14H18Cl2N2O3/c1-9(2)8-18(5-4-13(19)21-3)14(20)10-6-12(16)17-7-11(10)15/h6-7,9H,4-5,8H2,1-3H3. The zero-order valence-electron chi connectivity index (χ0n) is 12.2. The van der Waals surface area contributed by atoms with Crippen LogP contribution in [0.25, 0.3) is 0 Å². The van der Waals surface area contributed by atoms with E-state index in [0.717, 1.165) is 0 Å². The van der Waals surface area contributed by atoms with Gasteiger partial charge in [0.15, 0.2) is 0 Å². The Kier molecular flexibility index (Phi) is 6.92. The molecule has 7 heteroatoms. The number of methoxy groups -OCH3 is 1. The molecule has 0 aliphatic heterocycles. The van der Waals surface area contributed by atoms with E-state index < -0.39 is 0 Å². The highest BCUT2D eigenvalue weighted by Crippen LogP contribution is 2.20. The third kappa shape index (κ3) is 5.52. The average molecular weight is 333 g/mol. The molecule has 0 unspecified atom stereocenters. The Balaban J connectivity index is 2.93. The van der Waals surface area contributed by atoms with Crippen LogP contribution in [-0.2, 0) is 9.53 Å². The van der Waals surface area contributed by atoms with Gasteiger partial charge in [0.1, 0.15) is 5.15 Å². The van der Waals surface area contributed by atoms with Gasteiger partial charge < -0.3 is 9.64 Å². The van der Waals surface area contributed by atoms with Gasteiger partial charge in [0.25, 0.3) is 5.91 Å². The van der Waals surface area contributed by atoms with Crippen molar-refractivity contribution in [2.75, 3.05) is 20.2 Å². The second-order valence-corrected chi connectivity index (χ2v) is 5.75. The van der Waals surface area contributed by atoms with E-state index in [4.69, 9.17) is 23.2 Å². The lowest BCUT2D eigenvalue weighted by Gasteiger charge is -2.24. The van der Waals surface area contributed by atoms with Crippen LogP contribution < -0.4 is 0 Å². The van der Waals surface area contributed by atoms with Gasteiger partial charge in [0, 0.05) is 19.3 Å². The highest BCUT2D eigenvalue weighted by molar-refractivity contribution is 6.35. The Hall–Kier alpha value is -1.33. The summed E-state index contributed by atoms with van der Waals surface area (Å²) in [6, 6.07) is 1.43. The number of nitrogens with zero attached hydrogens (tertiary/aromatic N) is 2. The number of halogens is 2. The molecule has 0 atom stereocenters. The maximum atomic E-state index is 12.6. The topological polar surface area (TPSA) is 59.5 Å². The van der Waals surface area contributed by atoms with Crippen molar-refractivity contribution in [3.05, 3.63) is 28.0 Å². The van der Waals surface area contributed by atoms with E-state index in [9.17, 15) is 9.59 Å². The Labute approximate surface area is 134 Å².